The summed E-state index contributed by atoms with van der Waals surface area (Å²) >= 11 is 1.82. The Morgan fingerprint density at radius 1 is 1.62 bits per heavy atom. The van der Waals surface area contributed by atoms with Crippen LogP contribution in [-0.2, 0) is 6.42 Å². The lowest BCUT2D eigenvalue weighted by Crippen LogP contribution is -2.61. The summed E-state index contributed by atoms with van der Waals surface area (Å²) in [5, 5.41) is 15.4. The predicted molar refractivity (Wildman–Crippen MR) is 68.8 cm³/mol. The van der Waals surface area contributed by atoms with E-state index in [1.807, 2.05) is 11.3 Å². The van der Waals surface area contributed by atoms with Crippen molar-refractivity contribution in [3.8, 4) is 0 Å². The summed E-state index contributed by atoms with van der Waals surface area (Å²) in [6, 6.07) is 5.22. The third kappa shape index (κ3) is 2.31. The Balaban J connectivity index is 1.82. The molecule has 2 nitrogen and oxygen atoms in total. The maximum absolute atomic E-state index is 9.68. The number of hydrogen-bond donors (Lipinski definition) is 2. The minimum Gasteiger partial charge on any atom is -0.392 e. The summed E-state index contributed by atoms with van der Waals surface area (Å²) in [6.07, 6.45) is 1.83. The van der Waals surface area contributed by atoms with Crippen LogP contribution in [0.25, 0.3) is 0 Å². The van der Waals surface area contributed by atoms with Gasteiger partial charge in [0, 0.05) is 22.4 Å². The Morgan fingerprint density at radius 3 is 2.88 bits per heavy atom. The van der Waals surface area contributed by atoms with Crippen LogP contribution in [0.4, 0.5) is 0 Å². The number of aliphatic hydroxyl groups is 1. The van der Waals surface area contributed by atoms with Gasteiger partial charge in [-0.15, -0.1) is 11.3 Å². The molecule has 90 valence electrons. The molecule has 1 fully saturated rings. The fourth-order valence-electron chi connectivity index (χ4n) is 2.32. The molecule has 1 aliphatic rings. The Hall–Kier alpha value is -0.380. The van der Waals surface area contributed by atoms with Crippen LogP contribution in [0.2, 0.25) is 0 Å². The van der Waals surface area contributed by atoms with E-state index in [2.05, 4.69) is 43.6 Å². The van der Waals surface area contributed by atoms with E-state index < -0.39 is 0 Å². The lowest BCUT2D eigenvalue weighted by Gasteiger charge is -2.50. The van der Waals surface area contributed by atoms with Crippen molar-refractivity contribution in [2.45, 2.75) is 51.8 Å². The topological polar surface area (TPSA) is 32.3 Å². The Morgan fingerprint density at radius 2 is 2.38 bits per heavy atom. The van der Waals surface area contributed by atoms with Gasteiger partial charge in [-0.25, -0.2) is 0 Å². The van der Waals surface area contributed by atoms with Gasteiger partial charge in [0.15, 0.2) is 0 Å². The molecule has 0 saturated heterocycles. The smallest absolute Gasteiger partial charge is 0.0621 e. The van der Waals surface area contributed by atoms with E-state index in [-0.39, 0.29) is 11.5 Å². The van der Waals surface area contributed by atoms with Gasteiger partial charge < -0.3 is 10.4 Å². The second-order valence-electron chi connectivity index (χ2n) is 5.48. The molecule has 1 aliphatic carbocycles. The molecule has 3 heteroatoms. The van der Waals surface area contributed by atoms with Gasteiger partial charge in [0.05, 0.1) is 6.10 Å². The van der Waals surface area contributed by atoms with Crippen LogP contribution in [0, 0.1) is 5.41 Å². The fraction of sp³-hybridized carbons (Fsp3) is 0.692. The van der Waals surface area contributed by atoms with E-state index in [4.69, 9.17) is 0 Å². The number of thiophene rings is 1. The van der Waals surface area contributed by atoms with E-state index >= 15 is 0 Å². The second-order valence-corrected chi connectivity index (χ2v) is 6.51. The predicted octanol–water partition coefficient (Wildman–Crippen LogP) is 2.43. The molecule has 16 heavy (non-hydrogen) atoms. The fourth-order valence-corrected chi connectivity index (χ4v) is 3.15. The number of aliphatic hydroxyl groups excluding tert-OH is 1. The molecule has 1 aromatic rings. The first-order valence-electron chi connectivity index (χ1n) is 5.96. The highest BCUT2D eigenvalue weighted by atomic mass is 32.1. The molecule has 3 unspecified atom stereocenters. The first-order valence-corrected chi connectivity index (χ1v) is 6.84. The van der Waals surface area contributed by atoms with Gasteiger partial charge in [0.25, 0.3) is 0 Å². The molecule has 2 N–H and O–H groups in total. The molecule has 2 rings (SSSR count). The summed E-state index contributed by atoms with van der Waals surface area (Å²) in [4.78, 5) is 1.43. The minimum atomic E-state index is -0.140. The van der Waals surface area contributed by atoms with Gasteiger partial charge in [-0.3, -0.25) is 0 Å². The number of rotatable bonds is 4. The monoisotopic (exact) mass is 239 g/mol. The largest absolute Gasteiger partial charge is 0.392 e. The third-order valence-electron chi connectivity index (χ3n) is 3.79. The molecule has 1 heterocycles. The zero-order valence-electron chi connectivity index (χ0n) is 10.2. The van der Waals surface area contributed by atoms with Crippen molar-refractivity contribution in [1.29, 1.82) is 0 Å². The van der Waals surface area contributed by atoms with Crippen LogP contribution in [-0.4, -0.2) is 23.3 Å². The van der Waals surface area contributed by atoms with Crippen LogP contribution in [0.15, 0.2) is 17.5 Å². The standard InChI is InChI=1S/C13H21NOS/c1-9(7-10-5-4-6-16-10)14-11-8-12(15)13(11,2)3/h4-6,9,11-12,14-15H,7-8H2,1-3H3. The summed E-state index contributed by atoms with van der Waals surface area (Å²) in [5.74, 6) is 0. The molecule has 0 aliphatic heterocycles. The van der Waals surface area contributed by atoms with Crippen molar-refractivity contribution in [2.24, 2.45) is 5.41 Å². The van der Waals surface area contributed by atoms with Crippen molar-refractivity contribution in [2.75, 3.05) is 0 Å². The minimum absolute atomic E-state index is 0.0315. The third-order valence-corrected chi connectivity index (χ3v) is 4.69. The quantitative estimate of drug-likeness (QED) is 0.846. The zero-order valence-corrected chi connectivity index (χ0v) is 11.1. The highest BCUT2D eigenvalue weighted by molar-refractivity contribution is 7.09. The molecule has 0 aromatic carbocycles. The molecule has 0 amide bonds. The molecule has 1 saturated carbocycles. The van der Waals surface area contributed by atoms with Gasteiger partial charge in [-0.05, 0) is 31.2 Å². The Labute approximate surface area is 102 Å². The van der Waals surface area contributed by atoms with Gasteiger partial charge in [-0.1, -0.05) is 19.9 Å². The highest BCUT2D eigenvalue weighted by Gasteiger charge is 2.47. The summed E-state index contributed by atoms with van der Waals surface area (Å²) in [7, 11) is 0. The SMILES string of the molecule is CC(Cc1cccs1)NC1CC(O)C1(C)C. The molecule has 0 spiro atoms. The molecule has 0 radical (unpaired) electrons. The van der Waals surface area contributed by atoms with Crippen molar-refractivity contribution in [3.63, 3.8) is 0 Å². The number of nitrogens with one attached hydrogen (secondary N) is 1. The van der Waals surface area contributed by atoms with Crippen LogP contribution in [0.5, 0.6) is 0 Å². The van der Waals surface area contributed by atoms with E-state index in [1.54, 1.807) is 0 Å². The van der Waals surface area contributed by atoms with Gasteiger partial charge >= 0.3 is 0 Å². The zero-order chi connectivity index (χ0) is 11.8. The first-order chi connectivity index (χ1) is 7.50. The highest BCUT2D eigenvalue weighted by Crippen LogP contribution is 2.40. The van der Waals surface area contributed by atoms with E-state index in [0.29, 0.717) is 12.1 Å². The molecular weight excluding hydrogens is 218 g/mol. The normalized spacial score (nSPS) is 29.8. The van der Waals surface area contributed by atoms with Gasteiger partial charge in [0.1, 0.15) is 0 Å². The molecule has 3 atom stereocenters. The van der Waals surface area contributed by atoms with Crippen LogP contribution < -0.4 is 5.32 Å². The molecular formula is C13H21NOS. The summed E-state index contributed by atoms with van der Waals surface area (Å²) in [5.41, 5.74) is 0.0315. The lowest BCUT2D eigenvalue weighted by atomic mass is 9.64. The second kappa shape index (κ2) is 4.47. The first kappa shape index (κ1) is 12.1. The summed E-state index contributed by atoms with van der Waals surface area (Å²) in [6.45, 7) is 6.49. The van der Waals surface area contributed by atoms with Crippen molar-refractivity contribution in [1.82, 2.24) is 5.32 Å². The van der Waals surface area contributed by atoms with Gasteiger partial charge in [-0.2, -0.15) is 0 Å². The van der Waals surface area contributed by atoms with Crippen LogP contribution >= 0.6 is 11.3 Å². The van der Waals surface area contributed by atoms with Crippen LogP contribution in [0.3, 0.4) is 0 Å². The van der Waals surface area contributed by atoms with E-state index in [0.717, 1.165) is 12.8 Å². The van der Waals surface area contributed by atoms with E-state index in [1.165, 1.54) is 4.88 Å². The van der Waals surface area contributed by atoms with Crippen LogP contribution in [0.1, 0.15) is 32.1 Å². The summed E-state index contributed by atoms with van der Waals surface area (Å²) < 4.78 is 0. The number of hydrogen-bond acceptors (Lipinski definition) is 3. The molecule has 1 aromatic heterocycles. The maximum atomic E-state index is 9.68. The maximum Gasteiger partial charge on any atom is 0.0621 e. The average Bonchev–Trinajstić information content (AvgIpc) is 2.70. The van der Waals surface area contributed by atoms with Gasteiger partial charge in [0.2, 0.25) is 0 Å². The van der Waals surface area contributed by atoms with Crippen molar-refractivity contribution in [3.05, 3.63) is 22.4 Å². The van der Waals surface area contributed by atoms with E-state index in [9.17, 15) is 5.11 Å². The average molecular weight is 239 g/mol. The Bertz CT molecular complexity index is 334. The van der Waals surface area contributed by atoms with Crippen molar-refractivity contribution < 1.29 is 5.11 Å². The Kier molecular flexibility index (Phi) is 3.38. The van der Waals surface area contributed by atoms with Crippen molar-refractivity contribution >= 4 is 11.3 Å². The lowest BCUT2D eigenvalue weighted by molar-refractivity contribution is -0.0752. The molecule has 0 bridgehead atoms.